The van der Waals surface area contributed by atoms with Crippen molar-refractivity contribution in [1.29, 1.82) is 0 Å². The van der Waals surface area contributed by atoms with Gasteiger partial charge >= 0.3 is 0 Å². The maximum atomic E-state index is 12.8. The van der Waals surface area contributed by atoms with Gasteiger partial charge in [0.2, 0.25) is 10.0 Å². The Balaban J connectivity index is 1.77. The molecule has 0 amide bonds. The van der Waals surface area contributed by atoms with Crippen LogP contribution in [0.4, 0.5) is 0 Å². The fraction of sp³-hybridized carbons (Fsp3) is 0.625. The first-order chi connectivity index (χ1) is 10.6. The van der Waals surface area contributed by atoms with Gasteiger partial charge in [-0.2, -0.15) is 4.31 Å². The standard InChI is InChI=1S/C16H23NO4S/c1-20-16-5-3-2-4-14(16)10-17(15-6-7-15)22(18,19)12-13-8-9-21-11-13/h2-5,13,15H,6-12H2,1H3. The van der Waals surface area contributed by atoms with Crippen molar-refractivity contribution in [3.8, 4) is 5.75 Å². The second kappa shape index (κ2) is 6.56. The summed E-state index contributed by atoms with van der Waals surface area (Å²) in [5.74, 6) is 1.06. The average Bonchev–Trinajstić information content (AvgIpc) is 3.22. The first kappa shape index (κ1) is 15.8. The molecular formula is C16H23NO4S. The summed E-state index contributed by atoms with van der Waals surface area (Å²) in [7, 11) is -1.65. The third kappa shape index (κ3) is 3.62. The van der Waals surface area contributed by atoms with Crippen LogP contribution >= 0.6 is 0 Å². The van der Waals surface area contributed by atoms with Crippen molar-refractivity contribution in [2.24, 2.45) is 5.92 Å². The quantitative estimate of drug-likeness (QED) is 0.770. The number of hydrogen-bond acceptors (Lipinski definition) is 4. The van der Waals surface area contributed by atoms with Crippen molar-refractivity contribution in [3.05, 3.63) is 29.8 Å². The maximum Gasteiger partial charge on any atom is 0.215 e. The summed E-state index contributed by atoms with van der Waals surface area (Å²) in [6.07, 6.45) is 2.75. The maximum absolute atomic E-state index is 12.8. The Kier molecular flexibility index (Phi) is 4.70. The van der Waals surface area contributed by atoms with Gasteiger partial charge in [-0.15, -0.1) is 0 Å². The molecule has 1 aliphatic carbocycles. The number of ether oxygens (including phenoxy) is 2. The van der Waals surface area contributed by atoms with Crippen LogP contribution < -0.4 is 4.74 Å². The van der Waals surface area contributed by atoms with E-state index in [1.54, 1.807) is 11.4 Å². The summed E-state index contributed by atoms with van der Waals surface area (Å²) in [5.41, 5.74) is 0.920. The normalized spacial score (nSPS) is 22.2. The van der Waals surface area contributed by atoms with Crippen LogP contribution in [0, 0.1) is 5.92 Å². The van der Waals surface area contributed by atoms with E-state index >= 15 is 0 Å². The molecule has 1 saturated heterocycles. The van der Waals surface area contributed by atoms with Crippen LogP contribution in [0.1, 0.15) is 24.8 Å². The molecule has 0 radical (unpaired) electrons. The van der Waals surface area contributed by atoms with E-state index in [1.807, 2.05) is 24.3 Å². The van der Waals surface area contributed by atoms with Crippen molar-refractivity contribution in [3.63, 3.8) is 0 Å². The molecule has 1 aliphatic heterocycles. The highest BCUT2D eigenvalue weighted by atomic mass is 32.2. The van der Waals surface area contributed by atoms with Gasteiger partial charge in [0.25, 0.3) is 0 Å². The van der Waals surface area contributed by atoms with Gasteiger partial charge in [0, 0.05) is 24.8 Å². The van der Waals surface area contributed by atoms with Crippen molar-refractivity contribution >= 4 is 10.0 Å². The Morgan fingerprint density at radius 2 is 2.05 bits per heavy atom. The first-order valence-corrected chi connectivity index (χ1v) is 9.40. The van der Waals surface area contributed by atoms with E-state index in [1.165, 1.54) is 0 Å². The van der Waals surface area contributed by atoms with Gasteiger partial charge in [-0.1, -0.05) is 18.2 Å². The SMILES string of the molecule is COc1ccccc1CN(C1CC1)S(=O)(=O)CC1CCOC1. The summed E-state index contributed by atoms with van der Waals surface area (Å²) in [5, 5.41) is 0. The fourth-order valence-electron chi connectivity index (χ4n) is 2.93. The minimum Gasteiger partial charge on any atom is -0.496 e. The Morgan fingerprint density at radius 3 is 2.68 bits per heavy atom. The number of para-hydroxylation sites is 1. The number of nitrogens with zero attached hydrogens (tertiary/aromatic N) is 1. The molecule has 0 N–H and O–H groups in total. The van der Waals surface area contributed by atoms with Crippen LogP contribution in [0.25, 0.3) is 0 Å². The summed E-state index contributed by atoms with van der Waals surface area (Å²) in [4.78, 5) is 0. The number of rotatable bonds is 7. The molecule has 1 aromatic carbocycles. The van der Waals surface area contributed by atoms with E-state index in [9.17, 15) is 8.42 Å². The molecule has 1 saturated carbocycles. The van der Waals surface area contributed by atoms with Gasteiger partial charge in [-0.05, 0) is 31.2 Å². The van der Waals surface area contributed by atoms with Gasteiger partial charge in [-0.25, -0.2) is 8.42 Å². The molecule has 3 rings (SSSR count). The zero-order valence-corrected chi connectivity index (χ0v) is 13.7. The molecule has 2 aliphatic rings. The average molecular weight is 325 g/mol. The molecule has 2 fully saturated rings. The molecule has 0 aromatic heterocycles. The van der Waals surface area contributed by atoms with E-state index in [0.717, 1.165) is 30.6 Å². The molecule has 1 aromatic rings. The minimum atomic E-state index is -3.27. The Bertz CT molecular complexity index is 606. The Hall–Kier alpha value is -1.11. The largest absolute Gasteiger partial charge is 0.496 e. The van der Waals surface area contributed by atoms with Gasteiger partial charge < -0.3 is 9.47 Å². The summed E-state index contributed by atoms with van der Waals surface area (Å²) >= 11 is 0. The molecule has 122 valence electrons. The lowest BCUT2D eigenvalue weighted by atomic mass is 10.2. The van der Waals surface area contributed by atoms with Crippen molar-refractivity contribution < 1.29 is 17.9 Å². The monoisotopic (exact) mass is 325 g/mol. The second-order valence-corrected chi connectivity index (χ2v) is 8.06. The van der Waals surface area contributed by atoms with Gasteiger partial charge in [0.1, 0.15) is 5.75 Å². The third-order valence-electron chi connectivity index (χ3n) is 4.30. The van der Waals surface area contributed by atoms with Crippen LogP contribution in [0.3, 0.4) is 0 Å². The second-order valence-electron chi connectivity index (χ2n) is 6.10. The Morgan fingerprint density at radius 1 is 1.27 bits per heavy atom. The molecule has 5 nitrogen and oxygen atoms in total. The highest BCUT2D eigenvalue weighted by Gasteiger charge is 2.39. The fourth-order valence-corrected chi connectivity index (χ4v) is 4.98. The molecule has 0 bridgehead atoms. The van der Waals surface area contributed by atoms with Crippen molar-refractivity contribution in [2.45, 2.75) is 31.8 Å². The van der Waals surface area contributed by atoms with Crippen LogP contribution in [-0.4, -0.2) is 44.8 Å². The lowest BCUT2D eigenvalue weighted by molar-refractivity contribution is 0.188. The molecule has 6 heteroatoms. The molecule has 22 heavy (non-hydrogen) atoms. The molecule has 1 heterocycles. The van der Waals surface area contributed by atoms with Crippen LogP contribution in [0.15, 0.2) is 24.3 Å². The number of sulfonamides is 1. The molecule has 1 atom stereocenters. The predicted octanol–water partition coefficient (Wildman–Crippen LogP) is 2.03. The first-order valence-electron chi connectivity index (χ1n) is 7.79. The lowest BCUT2D eigenvalue weighted by Gasteiger charge is -2.24. The van der Waals surface area contributed by atoms with Crippen LogP contribution in [0.5, 0.6) is 5.75 Å². The van der Waals surface area contributed by atoms with E-state index in [0.29, 0.717) is 19.8 Å². The summed E-state index contributed by atoms with van der Waals surface area (Å²) in [6.45, 7) is 1.63. The topological polar surface area (TPSA) is 55.8 Å². The van der Waals surface area contributed by atoms with Crippen molar-refractivity contribution in [2.75, 3.05) is 26.1 Å². The zero-order chi connectivity index (χ0) is 15.6. The smallest absolute Gasteiger partial charge is 0.215 e. The van der Waals surface area contributed by atoms with E-state index in [4.69, 9.17) is 9.47 Å². The van der Waals surface area contributed by atoms with Gasteiger partial charge in [0.15, 0.2) is 0 Å². The summed E-state index contributed by atoms with van der Waals surface area (Å²) < 4.78 is 37.9. The Labute approximate surface area is 132 Å². The van der Waals surface area contributed by atoms with E-state index in [-0.39, 0.29) is 17.7 Å². The zero-order valence-electron chi connectivity index (χ0n) is 12.9. The van der Waals surface area contributed by atoms with Crippen LogP contribution in [0.2, 0.25) is 0 Å². The third-order valence-corrected chi connectivity index (χ3v) is 6.33. The van der Waals surface area contributed by atoms with E-state index < -0.39 is 10.0 Å². The van der Waals surface area contributed by atoms with Crippen molar-refractivity contribution in [1.82, 2.24) is 4.31 Å². The summed E-state index contributed by atoms with van der Waals surface area (Å²) in [6, 6.07) is 7.77. The van der Waals surface area contributed by atoms with E-state index in [2.05, 4.69) is 0 Å². The molecule has 0 spiro atoms. The van der Waals surface area contributed by atoms with Crippen LogP contribution in [-0.2, 0) is 21.3 Å². The predicted molar refractivity (Wildman–Crippen MR) is 84.3 cm³/mol. The lowest BCUT2D eigenvalue weighted by Crippen LogP contribution is -2.36. The number of hydrogen-bond donors (Lipinski definition) is 0. The van der Waals surface area contributed by atoms with Gasteiger partial charge in [0.05, 0.1) is 19.5 Å². The van der Waals surface area contributed by atoms with Gasteiger partial charge in [-0.3, -0.25) is 0 Å². The minimum absolute atomic E-state index is 0.129. The highest BCUT2D eigenvalue weighted by molar-refractivity contribution is 7.89. The number of benzene rings is 1. The molecule has 1 unspecified atom stereocenters. The number of methoxy groups -OCH3 is 1. The molecular weight excluding hydrogens is 302 g/mol. The highest BCUT2D eigenvalue weighted by Crippen LogP contribution is 2.33.